The molecule has 0 radical (unpaired) electrons. The highest BCUT2D eigenvalue weighted by Crippen LogP contribution is 2.33. The monoisotopic (exact) mass is 429 g/mol. The molecule has 1 aliphatic rings. The molecule has 1 fully saturated rings. The number of aliphatic hydroxyl groups excluding tert-OH is 1. The van der Waals surface area contributed by atoms with Gasteiger partial charge in [0.15, 0.2) is 5.65 Å². The zero-order valence-electron chi connectivity index (χ0n) is 15.2. The first-order valence-corrected chi connectivity index (χ1v) is 10.3. The quantitative estimate of drug-likeness (QED) is 0.622. The Morgan fingerprint density at radius 2 is 2.07 bits per heavy atom. The van der Waals surface area contributed by atoms with Gasteiger partial charge in [0.2, 0.25) is 0 Å². The largest absolute Gasteiger partial charge is 0.396 e. The van der Waals surface area contributed by atoms with Crippen molar-refractivity contribution in [2.45, 2.75) is 38.6 Å². The molecule has 0 unspecified atom stereocenters. The van der Waals surface area contributed by atoms with Gasteiger partial charge >= 0.3 is 0 Å². The van der Waals surface area contributed by atoms with Crippen molar-refractivity contribution in [2.75, 3.05) is 11.9 Å². The summed E-state index contributed by atoms with van der Waals surface area (Å²) in [5.41, 5.74) is 2.98. The second-order valence-corrected chi connectivity index (χ2v) is 8.12. The van der Waals surface area contributed by atoms with Crippen LogP contribution in [0.2, 0.25) is 0 Å². The van der Waals surface area contributed by atoms with E-state index < -0.39 is 0 Å². The first-order chi connectivity index (χ1) is 13.2. The fourth-order valence-electron chi connectivity index (χ4n) is 3.97. The standard InChI is InChI=1S/C20H24BrN5O/c21-18-12-24-26-19(23-11-14-4-3-7-22-10-14)9-17(25-20(18)26)8-15-5-1-2-6-16(15)13-27/h3-4,7,9-10,12,15-16,23,27H,1-2,5-6,8,11,13H2/t15-,16+/m0/s1. The van der Waals surface area contributed by atoms with E-state index in [9.17, 15) is 5.11 Å². The minimum Gasteiger partial charge on any atom is -0.396 e. The molecule has 3 heterocycles. The van der Waals surface area contributed by atoms with Gasteiger partial charge in [-0.25, -0.2) is 4.98 Å². The lowest BCUT2D eigenvalue weighted by molar-refractivity contribution is 0.134. The number of fused-ring (bicyclic) bond motifs is 1. The molecule has 0 saturated heterocycles. The van der Waals surface area contributed by atoms with Crippen LogP contribution in [0.15, 0.2) is 41.3 Å². The molecule has 142 valence electrons. The summed E-state index contributed by atoms with van der Waals surface area (Å²) < 4.78 is 2.71. The molecule has 0 aromatic carbocycles. The molecule has 0 amide bonds. The van der Waals surface area contributed by atoms with Crippen LogP contribution >= 0.6 is 15.9 Å². The predicted octanol–water partition coefficient (Wildman–Crippen LogP) is 3.84. The van der Waals surface area contributed by atoms with Crippen molar-refractivity contribution in [3.63, 3.8) is 0 Å². The van der Waals surface area contributed by atoms with E-state index in [0.717, 1.165) is 46.5 Å². The molecule has 6 nitrogen and oxygen atoms in total. The summed E-state index contributed by atoms with van der Waals surface area (Å²) in [6.45, 7) is 0.946. The molecular formula is C20H24BrN5O. The third kappa shape index (κ3) is 4.14. The Morgan fingerprint density at radius 1 is 1.22 bits per heavy atom. The first kappa shape index (κ1) is 18.4. The topological polar surface area (TPSA) is 75.3 Å². The zero-order valence-corrected chi connectivity index (χ0v) is 16.8. The maximum atomic E-state index is 9.73. The number of halogens is 1. The Kier molecular flexibility index (Phi) is 5.69. The molecule has 4 rings (SSSR count). The Labute approximate surface area is 167 Å². The van der Waals surface area contributed by atoms with Crippen LogP contribution in [0.25, 0.3) is 5.65 Å². The van der Waals surface area contributed by atoms with Crippen LogP contribution in [0.1, 0.15) is 36.9 Å². The number of pyridine rings is 1. The van der Waals surface area contributed by atoms with Gasteiger partial charge in [-0.2, -0.15) is 9.61 Å². The van der Waals surface area contributed by atoms with Gasteiger partial charge in [0.1, 0.15) is 5.82 Å². The highest BCUT2D eigenvalue weighted by Gasteiger charge is 2.25. The van der Waals surface area contributed by atoms with E-state index in [-0.39, 0.29) is 6.61 Å². The van der Waals surface area contributed by atoms with Crippen LogP contribution in [0.3, 0.4) is 0 Å². The lowest BCUT2D eigenvalue weighted by Crippen LogP contribution is -2.25. The summed E-state index contributed by atoms with van der Waals surface area (Å²) in [6, 6.07) is 6.07. The maximum absolute atomic E-state index is 9.73. The maximum Gasteiger partial charge on any atom is 0.171 e. The van der Waals surface area contributed by atoms with E-state index >= 15 is 0 Å². The number of nitrogens with one attached hydrogen (secondary N) is 1. The van der Waals surface area contributed by atoms with Gasteiger partial charge in [-0.05, 0) is 58.7 Å². The van der Waals surface area contributed by atoms with Gasteiger partial charge in [0.05, 0.1) is 10.7 Å². The number of aromatic nitrogens is 4. The molecule has 2 atom stereocenters. The minimum absolute atomic E-state index is 0.273. The highest BCUT2D eigenvalue weighted by molar-refractivity contribution is 9.10. The van der Waals surface area contributed by atoms with Gasteiger partial charge < -0.3 is 10.4 Å². The molecular weight excluding hydrogens is 406 g/mol. The molecule has 0 aliphatic heterocycles. The number of hydrogen-bond donors (Lipinski definition) is 2. The Balaban J connectivity index is 1.60. The minimum atomic E-state index is 0.273. The smallest absolute Gasteiger partial charge is 0.171 e. The zero-order chi connectivity index (χ0) is 18.6. The number of nitrogens with zero attached hydrogens (tertiary/aromatic N) is 4. The van der Waals surface area contributed by atoms with Crippen LogP contribution in [0, 0.1) is 11.8 Å². The van der Waals surface area contributed by atoms with E-state index in [4.69, 9.17) is 4.98 Å². The van der Waals surface area contributed by atoms with Gasteiger partial charge in [-0.15, -0.1) is 0 Å². The Bertz CT molecular complexity index is 898. The first-order valence-electron chi connectivity index (χ1n) is 9.51. The average molecular weight is 430 g/mol. The lowest BCUT2D eigenvalue weighted by Gasteiger charge is -2.30. The Morgan fingerprint density at radius 3 is 2.85 bits per heavy atom. The van der Waals surface area contributed by atoms with Crippen LogP contribution in [-0.2, 0) is 13.0 Å². The number of aliphatic hydroxyl groups is 1. The molecule has 1 aliphatic carbocycles. The summed E-state index contributed by atoms with van der Waals surface area (Å²) >= 11 is 3.56. The van der Waals surface area contributed by atoms with E-state index in [1.165, 1.54) is 12.8 Å². The van der Waals surface area contributed by atoms with Crippen molar-refractivity contribution in [3.05, 3.63) is 52.5 Å². The van der Waals surface area contributed by atoms with E-state index in [1.54, 1.807) is 12.4 Å². The molecule has 0 bridgehead atoms. The van der Waals surface area contributed by atoms with Gasteiger partial charge in [0, 0.05) is 37.3 Å². The van der Waals surface area contributed by atoms with E-state index in [1.807, 2.05) is 22.8 Å². The molecule has 2 N–H and O–H groups in total. The van der Waals surface area contributed by atoms with Gasteiger partial charge in [0.25, 0.3) is 0 Å². The molecule has 7 heteroatoms. The predicted molar refractivity (Wildman–Crippen MR) is 108 cm³/mol. The molecule has 0 spiro atoms. The van der Waals surface area contributed by atoms with Crippen LogP contribution < -0.4 is 5.32 Å². The van der Waals surface area contributed by atoms with Crippen LogP contribution in [0.5, 0.6) is 0 Å². The van der Waals surface area contributed by atoms with E-state index in [0.29, 0.717) is 18.4 Å². The second kappa shape index (κ2) is 8.35. The van der Waals surface area contributed by atoms with Gasteiger partial charge in [-0.1, -0.05) is 18.9 Å². The van der Waals surface area contributed by atoms with Crippen LogP contribution in [0.4, 0.5) is 5.82 Å². The molecule has 3 aromatic rings. The fourth-order valence-corrected chi connectivity index (χ4v) is 4.32. The normalized spacial score (nSPS) is 20.1. The third-order valence-corrected chi connectivity index (χ3v) is 6.01. The van der Waals surface area contributed by atoms with Crippen molar-refractivity contribution in [1.29, 1.82) is 0 Å². The Hall–Kier alpha value is -1.99. The van der Waals surface area contributed by atoms with Crippen molar-refractivity contribution in [1.82, 2.24) is 19.6 Å². The number of rotatable bonds is 6. The number of anilines is 1. The number of hydrogen-bond acceptors (Lipinski definition) is 5. The van der Waals surface area contributed by atoms with Crippen LogP contribution in [-0.4, -0.2) is 31.3 Å². The SMILES string of the molecule is OC[C@H]1CCCC[C@H]1Cc1cc(NCc2cccnc2)n2ncc(Br)c2n1. The van der Waals surface area contributed by atoms with E-state index in [2.05, 4.69) is 37.4 Å². The molecule has 3 aromatic heterocycles. The van der Waals surface area contributed by atoms with Crippen molar-refractivity contribution >= 4 is 27.4 Å². The van der Waals surface area contributed by atoms with Crippen molar-refractivity contribution in [2.24, 2.45) is 11.8 Å². The fraction of sp³-hybridized carbons (Fsp3) is 0.450. The summed E-state index contributed by atoms with van der Waals surface area (Å²) in [5.74, 6) is 1.80. The lowest BCUT2D eigenvalue weighted by atomic mass is 9.77. The van der Waals surface area contributed by atoms with Crippen molar-refractivity contribution in [3.8, 4) is 0 Å². The van der Waals surface area contributed by atoms with Gasteiger partial charge in [-0.3, -0.25) is 4.98 Å². The second-order valence-electron chi connectivity index (χ2n) is 7.27. The third-order valence-electron chi connectivity index (χ3n) is 5.45. The summed E-state index contributed by atoms with van der Waals surface area (Å²) in [5, 5.41) is 17.6. The summed E-state index contributed by atoms with van der Waals surface area (Å²) in [6.07, 6.45) is 11.0. The summed E-state index contributed by atoms with van der Waals surface area (Å²) in [4.78, 5) is 9.00. The summed E-state index contributed by atoms with van der Waals surface area (Å²) in [7, 11) is 0. The van der Waals surface area contributed by atoms with Crippen molar-refractivity contribution < 1.29 is 5.11 Å². The molecule has 1 saturated carbocycles. The average Bonchev–Trinajstić information content (AvgIpc) is 3.08. The molecule has 27 heavy (non-hydrogen) atoms. The highest BCUT2D eigenvalue weighted by atomic mass is 79.9.